The molecule has 0 radical (unpaired) electrons. The largest absolute Gasteiger partial charge is 0.417 e. The third-order valence-electron chi connectivity index (χ3n) is 6.44. The Kier molecular flexibility index (Phi) is 4.69. The van der Waals surface area contributed by atoms with Crippen molar-refractivity contribution in [2.45, 2.75) is 32.0 Å². The lowest BCUT2D eigenvalue weighted by atomic mass is 10.1. The molecule has 0 N–H and O–H groups in total. The Bertz CT molecular complexity index is 1270. The summed E-state index contributed by atoms with van der Waals surface area (Å²) in [7, 11) is 0. The Morgan fingerprint density at radius 2 is 1.78 bits per heavy atom. The van der Waals surface area contributed by atoms with E-state index in [0.29, 0.717) is 30.6 Å². The molecule has 1 saturated heterocycles. The van der Waals surface area contributed by atoms with Crippen LogP contribution in [0.4, 0.5) is 0 Å². The maximum atomic E-state index is 13.2. The molecular formula is C25H23N5O2. The normalized spacial score (nSPS) is 18.4. The third-order valence-corrected chi connectivity index (χ3v) is 6.44. The van der Waals surface area contributed by atoms with Gasteiger partial charge in [0.15, 0.2) is 0 Å². The van der Waals surface area contributed by atoms with E-state index in [2.05, 4.69) is 44.3 Å². The van der Waals surface area contributed by atoms with E-state index in [1.807, 2.05) is 35.2 Å². The summed E-state index contributed by atoms with van der Waals surface area (Å²) >= 11 is 0. The predicted octanol–water partition coefficient (Wildman–Crippen LogP) is 3.96. The Hall–Kier alpha value is -3.58. The summed E-state index contributed by atoms with van der Waals surface area (Å²) in [4.78, 5) is 21.7. The van der Waals surface area contributed by atoms with Gasteiger partial charge in [0.1, 0.15) is 11.7 Å². The van der Waals surface area contributed by atoms with Gasteiger partial charge in [-0.1, -0.05) is 48.5 Å². The molecule has 0 unspecified atom stereocenters. The number of carbonyl (C=O) groups excluding carboxylic acids is 1. The van der Waals surface area contributed by atoms with E-state index in [4.69, 9.17) is 4.42 Å². The second-order valence-electron chi connectivity index (χ2n) is 8.49. The van der Waals surface area contributed by atoms with E-state index >= 15 is 0 Å². The van der Waals surface area contributed by atoms with Crippen molar-refractivity contribution in [2.75, 3.05) is 13.1 Å². The number of hydrogen-bond acceptors (Lipinski definition) is 6. The quantitative estimate of drug-likeness (QED) is 0.493. The second kappa shape index (κ2) is 7.84. The lowest BCUT2D eigenvalue weighted by molar-refractivity contribution is -0.133. The van der Waals surface area contributed by atoms with Crippen LogP contribution in [0, 0.1) is 0 Å². The Balaban J connectivity index is 1.21. The van der Waals surface area contributed by atoms with Gasteiger partial charge < -0.3 is 9.32 Å². The van der Waals surface area contributed by atoms with Gasteiger partial charge in [0.2, 0.25) is 11.8 Å². The molecule has 1 atom stereocenters. The van der Waals surface area contributed by atoms with Crippen molar-refractivity contribution in [3.8, 4) is 11.6 Å². The highest BCUT2D eigenvalue weighted by Crippen LogP contribution is 2.34. The molecule has 1 amide bonds. The van der Waals surface area contributed by atoms with E-state index < -0.39 is 0 Å². The van der Waals surface area contributed by atoms with Crippen LogP contribution in [0.5, 0.6) is 0 Å². The van der Waals surface area contributed by atoms with Crippen molar-refractivity contribution < 1.29 is 9.21 Å². The summed E-state index contributed by atoms with van der Waals surface area (Å²) in [6, 6.07) is 18.2. The molecule has 1 fully saturated rings. The molecule has 7 heteroatoms. The minimum atomic E-state index is -0.177. The summed E-state index contributed by atoms with van der Waals surface area (Å²) in [5, 5.41) is 10.6. The summed E-state index contributed by atoms with van der Waals surface area (Å²) in [5.74, 6) is 1.000. The first-order chi connectivity index (χ1) is 15.8. The summed E-state index contributed by atoms with van der Waals surface area (Å²) < 4.78 is 6.07. The van der Waals surface area contributed by atoms with Crippen LogP contribution in [0.3, 0.4) is 0 Å². The Morgan fingerprint density at radius 3 is 2.62 bits per heavy atom. The number of fused-ring (bicyclic) bond motifs is 2. The average molecular weight is 425 g/mol. The van der Waals surface area contributed by atoms with Gasteiger partial charge >= 0.3 is 0 Å². The second-order valence-corrected chi connectivity index (χ2v) is 8.49. The van der Waals surface area contributed by atoms with Gasteiger partial charge in [-0.25, -0.2) is 0 Å². The first-order valence-electron chi connectivity index (χ1n) is 11.0. The highest BCUT2D eigenvalue weighted by molar-refractivity contribution is 5.92. The van der Waals surface area contributed by atoms with Crippen LogP contribution in [0.2, 0.25) is 0 Å². The van der Waals surface area contributed by atoms with Crippen molar-refractivity contribution >= 4 is 16.7 Å². The summed E-state index contributed by atoms with van der Waals surface area (Å²) in [5.41, 5.74) is 3.29. The molecule has 6 rings (SSSR count). The maximum absolute atomic E-state index is 13.2. The highest BCUT2D eigenvalue weighted by atomic mass is 16.4. The molecule has 0 spiro atoms. The number of likely N-dealkylation sites (tertiary alicyclic amines) is 1. The molecule has 2 aliphatic heterocycles. The first kappa shape index (κ1) is 19.1. The third kappa shape index (κ3) is 3.35. The maximum Gasteiger partial charge on any atom is 0.267 e. The number of benzene rings is 2. The standard InChI is InChI=1S/C25H23N5O2/c31-22(16-29-14-18-7-1-2-8-19(18)15-29)30-13-5-10-21(30)24-27-28-25(32-24)23-20-9-4-3-6-17(20)11-12-26-23/h1-4,6-9,11-12,21H,5,10,13-16H2/t21-/m0/s1. The SMILES string of the molecule is O=C(CN1Cc2ccccc2C1)N1CCC[C@H]1c1nnc(-c2nccc3ccccc23)o1. The molecule has 0 saturated carbocycles. The molecule has 2 aromatic carbocycles. The van der Waals surface area contributed by atoms with Crippen LogP contribution in [0.25, 0.3) is 22.4 Å². The van der Waals surface area contributed by atoms with Gasteiger partial charge in [-0.2, -0.15) is 0 Å². The summed E-state index contributed by atoms with van der Waals surface area (Å²) in [6.45, 7) is 2.75. The van der Waals surface area contributed by atoms with Crippen LogP contribution in [0.15, 0.2) is 65.2 Å². The Morgan fingerprint density at radius 1 is 1.00 bits per heavy atom. The number of pyridine rings is 1. The van der Waals surface area contributed by atoms with E-state index in [0.717, 1.165) is 36.7 Å². The predicted molar refractivity (Wildman–Crippen MR) is 119 cm³/mol. The van der Waals surface area contributed by atoms with Crippen LogP contribution in [0.1, 0.15) is 35.9 Å². The number of rotatable bonds is 4. The minimum Gasteiger partial charge on any atom is -0.417 e. The van der Waals surface area contributed by atoms with Crippen LogP contribution in [-0.2, 0) is 17.9 Å². The molecule has 0 aliphatic carbocycles. The fourth-order valence-corrected chi connectivity index (χ4v) is 4.87. The molecule has 32 heavy (non-hydrogen) atoms. The van der Waals surface area contributed by atoms with E-state index in [1.54, 1.807) is 6.20 Å². The molecule has 4 aromatic rings. The van der Waals surface area contributed by atoms with Crippen LogP contribution >= 0.6 is 0 Å². The van der Waals surface area contributed by atoms with Crippen molar-refractivity contribution in [2.24, 2.45) is 0 Å². The van der Waals surface area contributed by atoms with Crippen molar-refractivity contribution in [1.82, 2.24) is 25.0 Å². The smallest absolute Gasteiger partial charge is 0.267 e. The zero-order valence-corrected chi connectivity index (χ0v) is 17.6. The first-order valence-corrected chi connectivity index (χ1v) is 11.0. The molecule has 160 valence electrons. The van der Waals surface area contributed by atoms with Crippen molar-refractivity contribution in [3.63, 3.8) is 0 Å². The van der Waals surface area contributed by atoms with Gasteiger partial charge in [-0.05, 0) is 35.4 Å². The molecular weight excluding hydrogens is 402 g/mol. The number of carbonyl (C=O) groups is 1. The van der Waals surface area contributed by atoms with E-state index in [-0.39, 0.29) is 11.9 Å². The topological polar surface area (TPSA) is 75.4 Å². The van der Waals surface area contributed by atoms with Gasteiger partial charge in [-0.3, -0.25) is 14.7 Å². The molecule has 4 heterocycles. The van der Waals surface area contributed by atoms with Crippen LogP contribution in [-0.4, -0.2) is 44.0 Å². The molecule has 2 aliphatic rings. The summed E-state index contributed by atoms with van der Waals surface area (Å²) in [6.07, 6.45) is 3.51. The van der Waals surface area contributed by atoms with Crippen molar-refractivity contribution in [1.29, 1.82) is 0 Å². The van der Waals surface area contributed by atoms with Crippen LogP contribution < -0.4 is 0 Å². The zero-order valence-electron chi connectivity index (χ0n) is 17.6. The average Bonchev–Trinajstić information content (AvgIpc) is 3.57. The highest BCUT2D eigenvalue weighted by Gasteiger charge is 2.35. The lowest BCUT2D eigenvalue weighted by Crippen LogP contribution is -2.38. The Labute approximate surface area is 185 Å². The monoisotopic (exact) mass is 425 g/mol. The number of amides is 1. The number of nitrogens with zero attached hydrogens (tertiary/aromatic N) is 5. The van der Waals surface area contributed by atoms with Crippen molar-refractivity contribution in [3.05, 3.63) is 77.8 Å². The fourth-order valence-electron chi connectivity index (χ4n) is 4.87. The fraction of sp³-hybridized carbons (Fsp3) is 0.280. The molecule has 7 nitrogen and oxygen atoms in total. The molecule has 0 bridgehead atoms. The van der Waals surface area contributed by atoms with Gasteiger partial charge in [0.25, 0.3) is 5.89 Å². The lowest BCUT2D eigenvalue weighted by Gasteiger charge is -2.24. The number of hydrogen-bond donors (Lipinski definition) is 0. The van der Waals surface area contributed by atoms with Gasteiger partial charge in [-0.15, -0.1) is 10.2 Å². The van der Waals surface area contributed by atoms with Gasteiger partial charge in [0, 0.05) is 31.2 Å². The number of aromatic nitrogens is 3. The van der Waals surface area contributed by atoms with E-state index in [1.165, 1.54) is 11.1 Å². The molecule has 2 aromatic heterocycles. The van der Waals surface area contributed by atoms with E-state index in [9.17, 15) is 4.79 Å². The zero-order chi connectivity index (χ0) is 21.5. The van der Waals surface area contributed by atoms with Gasteiger partial charge in [0.05, 0.1) is 6.54 Å². The minimum absolute atomic E-state index is 0.114.